The van der Waals surface area contributed by atoms with Gasteiger partial charge in [0.2, 0.25) is 0 Å². The van der Waals surface area contributed by atoms with Crippen LogP contribution in [0.4, 0.5) is 0 Å². The molecule has 0 aliphatic rings. The number of hydrogen-bond donors (Lipinski definition) is 2. The quantitative estimate of drug-likeness (QED) is 0.292. The Labute approximate surface area is 135 Å². The number of nitrogens with two attached hydrogens (primary N) is 1. The van der Waals surface area contributed by atoms with Crippen LogP contribution in [0.3, 0.4) is 0 Å². The third kappa shape index (κ3) is 7.85. The van der Waals surface area contributed by atoms with Gasteiger partial charge >= 0.3 is 0 Å². The Morgan fingerprint density at radius 2 is 1.52 bits per heavy atom. The van der Waals surface area contributed by atoms with Crippen molar-refractivity contribution in [2.75, 3.05) is 0 Å². The zero-order valence-corrected chi connectivity index (χ0v) is 14.2. The van der Waals surface area contributed by atoms with Gasteiger partial charge in [-0.15, -0.1) is 0 Å². The molecule has 0 saturated heterocycles. The summed E-state index contributed by atoms with van der Waals surface area (Å²) in [4.78, 5) is 0. The number of rotatable bonds is 12. The molecule has 0 aromatic heterocycles. The Balaban J connectivity index is 2.12. The van der Waals surface area contributed by atoms with Crippen molar-refractivity contribution in [3.8, 4) is 0 Å². The van der Waals surface area contributed by atoms with Gasteiger partial charge in [-0.3, -0.25) is 11.3 Å². The molecule has 0 amide bonds. The summed E-state index contributed by atoms with van der Waals surface area (Å²) in [7, 11) is 0. The summed E-state index contributed by atoms with van der Waals surface area (Å²) in [5, 5.41) is 0.802. The van der Waals surface area contributed by atoms with Gasteiger partial charge in [0.05, 0.1) is 0 Å². The second-order valence-electron chi connectivity index (χ2n) is 5.86. The average molecular weight is 311 g/mol. The Morgan fingerprint density at radius 3 is 2.10 bits per heavy atom. The molecule has 1 atom stereocenters. The van der Waals surface area contributed by atoms with Crippen LogP contribution in [0, 0.1) is 0 Å². The summed E-state index contributed by atoms with van der Waals surface area (Å²) in [6, 6.07) is 8.13. The number of hydrogen-bond acceptors (Lipinski definition) is 2. The van der Waals surface area contributed by atoms with E-state index in [0.717, 1.165) is 17.0 Å². The lowest BCUT2D eigenvalue weighted by Crippen LogP contribution is -2.28. The van der Waals surface area contributed by atoms with Crippen LogP contribution >= 0.6 is 11.6 Å². The fourth-order valence-electron chi connectivity index (χ4n) is 2.75. The Morgan fingerprint density at radius 1 is 0.952 bits per heavy atom. The second kappa shape index (κ2) is 12.0. The van der Waals surface area contributed by atoms with Crippen LogP contribution in [0.2, 0.25) is 5.02 Å². The van der Waals surface area contributed by atoms with Crippen molar-refractivity contribution in [2.24, 2.45) is 5.84 Å². The molecule has 2 nitrogen and oxygen atoms in total. The van der Waals surface area contributed by atoms with Gasteiger partial charge in [0, 0.05) is 11.1 Å². The summed E-state index contributed by atoms with van der Waals surface area (Å²) in [6.45, 7) is 2.26. The molecule has 1 aromatic rings. The minimum absolute atomic E-state index is 0.170. The largest absolute Gasteiger partial charge is 0.271 e. The fourth-order valence-corrected chi connectivity index (χ4v) is 3.01. The lowest BCUT2D eigenvalue weighted by molar-refractivity contribution is 0.474. The van der Waals surface area contributed by atoms with Crippen molar-refractivity contribution in [3.05, 3.63) is 34.9 Å². The molecule has 0 aliphatic heterocycles. The summed E-state index contributed by atoms with van der Waals surface area (Å²) in [5.74, 6) is 5.67. The van der Waals surface area contributed by atoms with Crippen molar-refractivity contribution in [2.45, 2.75) is 77.2 Å². The Kier molecular flexibility index (Phi) is 10.6. The minimum Gasteiger partial charge on any atom is -0.271 e. The van der Waals surface area contributed by atoms with Gasteiger partial charge in [0.15, 0.2) is 0 Å². The molecule has 120 valence electrons. The van der Waals surface area contributed by atoms with Crippen LogP contribution in [0.25, 0.3) is 0 Å². The van der Waals surface area contributed by atoms with Crippen LogP contribution in [0.5, 0.6) is 0 Å². The molecule has 1 aromatic carbocycles. The van der Waals surface area contributed by atoms with E-state index in [1.165, 1.54) is 57.8 Å². The second-order valence-corrected chi connectivity index (χ2v) is 6.27. The molecule has 3 heteroatoms. The van der Waals surface area contributed by atoms with E-state index in [1.54, 1.807) is 0 Å². The maximum atomic E-state index is 6.23. The minimum atomic E-state index is 0.170. The average Bonchev–Trinajstić information content (AvgIpc) is 2.50. The van der Waals surface area contributed by atoms with Crippen molar-refractivity contribution < 1.29 is 0 Å². The Bertz CT molecular complexity index is 368. The van der Waals surface area contributed by atoms with Crippen LogP contribution in [0.15, 0.2) is 24.3 Å². The molecular formula is C18H31ClN2. The van der Waals surface area contributed by atoms with E-state index in [0.29, 0.717) is 0 Å². The third-order valence-electron chi connectivity index (χ3n) is 4.08. The highest BCUT2D eigenvalue weighted by molar-refractivity contribution is 6.31. The maximum absolute atomic E-state index is 6.23. The summed E-state index contributed by atoms with van der Waals surface area (Å²) >= 11 is 6.23. The van der Waals surface area contributed by atoms with Crippen molar-refractivity contribution >= 4 is 11.6 Å². The highest BCUT2D eigenvalue weighted by atomic mass is 35.5. The monoisotopic (exact) mass is 310 g/mol. The van der Waals surface area contributed by atoms with Crippen LogP contribution in [0.1, 0.15) is 82.7 Å². The molecule has 0 fully saturated rings. The standard InChI is InChI=1S/C18H31ClN2/c1-2-3-4-5-6-7-8-9-10-15-18(21-20)16-13-11-12-14-17(16)19/h11-14,18,21H,2-10,15,20H2,1H3. The zero-order valence-electron chi connectivity index (χ0n) is 13.4. The molecular weight excluding hydrogens is 280 g/mol. The number of hydrazine groups is 1. The van der Waals surface area contributed by atoms with Crippen LogP contribution in [-0.4, -0.2) is 0 Å². The molecule has 1 unspecified atom stereocenters. The molecule has 0 radical (unpaired) electrons. The van der Waals surface area contributed by atoms with E-state index in [1.807, 2.05) is 18.2 Å². The molecule has 0 aliphatic carbocycles. The lowest BCUT2D eigenvalue weighted by Gasteiger charge is -2.17. The van der Waals surface area contributed by atoms with E-state index in [2.05, 4.69) is 18.4 Å². The molecule has 3 N–H and O–H groups in total. The first-order chi connectivity index (χ1) is 10.3. The van der Waals surface area contributed by atoms with Gasteiger partial charge in [-0.25, -0.2) is 0 Å². The number of halogens is 1. The van der Waals surface area contributed by atoms with E-state index >= 15 is 0 Å². The van der Waals surface area contributed by atoms with Crippen LogP contribution in [-0.2, 0) is 0 Å². The zero-order chi connectivity index (χ0) is 15.3. The van der Waals surface area contributed by atoms with Gasteiger partial charge < -0.3 is 0 Å². The predicted molar refractivity (Wildman–Crippen MR) is 93.4 cm³/mol. The van der Waals surface area contributed by atoms with Crippen LogP contribution < -0.4 is 11.3 Å². The Hall–Kier alpha value is -0.570. The van der Waals surface area contributed by atoms with E-state index in [-0.39, 0.29) is 6.04 Å². The highest BCUT2D eigenvalue weighted by Gasteiger charge is 2.11. The van der Waals surface area contributed by atoms with Gasteiger partial charge in [-0.05, 0) is 18.1 Å². The molecule has 0 saturated carbocycles. The number of nitrogens with one attached hydrogen (secondary N) is 1. The smallest absolute Gasteiger partial charge is 0.0474 e. The first kappa shape index (κ1) is 18.5. The molecule has 0 heterocycles. The van der Waals surface area contributed by atoms with Crippen molar-refractivity contribution in [3.63, 3.8) is 0 Å². The van der Waals surface area contributed by atoms with Crippen molar-refractivity contribution in [1.82, 2.24) is 5.43 Å². The highest BCUT2D eigenvalue weighted by Crippen LogP contribution is 2.26. The van der Waals surface area contributed by atoms with Gasteiger partial charge in [-0.2, -0.15) is 0 Å². The van der Waals surface area contributed by atoms with Gasteiger partial charge in [0.1, 0.15) is 0 Å². The normalized spacial score (nSPS) is 12.5. The molecule has 0 spiro atoms. The molecule has 21 heavy (non-hydrogen) atoms. The summed E-state index contributed by atoms with van der Waals surface area (Å²) < 4.78 is 0. The molecule has 0 bridgehead atoms. The van der Waals surface area contributed by atoms with E-state index in [4.69, 9.17) is 17.4 Å². The number of unbranched alkanes of at least 4 members (excludes halogenated alkanes) is 8. The summed E-state index contributed by atoms with van der Waals surface area (Å²) in [6.07, 6.45) is 13.2. The number of benzene rings is 1. The van der Waals surface area contributed by atoms with Gasteiger partial charge in [-0.1, -0.05) is 94.5 Å². The maximum Gasteiger partial charge on any atom is 0.0474 e. The molecule has 1 rings (SSSR count). The summed E-state index contributed by atoms with van der Waals surface area (Å²) in [5.41, 5.74) is 4.01. The lowest BCUT2D eigenvalue weighted by atomic mass is 10.00. The van der Waals surface area contributed by atoms with Gasteiger partial charge in [0.25, 0.3) is 0 Å². The topological polar surface area (TPSA) is 38.0 Å². The van der Waals surface area contributed by atoms with E-state index in [9.17, 15) is 0 Å². The SMILES string of the molecule is CCCCCCCCCCCC(NN)c1ccccc1Cl. The first-order valence-corrected chi connectivity index (χ1v) is 8.88. The van der Waals surface area contributed by atoms with Crippen molar-refractivity contribution in [1.29, 1.82) is 0 Å². The predicted octanol–water partition coefficient (Wildman–Crippen LogP) is 5.77. The first-order valence-electron chi connectivity index (χ1n) is 8.50. The van der Waals surface area contributed by atoms with E-state index < -0.39 is 0 Å². The fraction of sp³-hybridized carbons (Fsp3) is 0.667. The third-order valence-corrected chi connectivity index (χ3v) is 4.42.